The fraction of sp³-hybridized carbons (Fsp3) is 0.571. The first-order valence-corrected chi connectivity index (χ1v) is 6.80. The van der Waals surface area contributed by atoms with Gasteiger partial charge in [0, 0.05) is 18.9 Å². The number of carbonyl (C=O) groups is 1. The number of hydrogen-bond acceptors (Lipinski definition) is 3. The Bertz CT molecular complexity index is 414. The van der Waals surface area contributed by atoms with Crippen molar-refractivity contribution in [3.05, 3.63) is 30.1 Å². The van der Waals surface area contributed by atoms with Gasteiger partial charge in [-0.15, -0.1) is 0 Å². The number of pyridine rings is 1. The van der Waals surface area contributed by atoms with Gasteiger partial charge in [0.1, 0.15) is 0 Å². The molecule has 2 aliphatic heterocycles. The summed E-state index contributed by atoms with van der Waals surface area (Å²) in [4.78, 5) is 18.6. The van der Waals surface area contributed by atoms with Crippen molar-refractivity contribution < 1.29 is 4.79 Å². The second-order valence-electron chi connectivity index (χ2n) is 5.12. The Morgan fingerprint density at radius 1 is 1.28 bits per heavy atom. The normalized spacial score (nSPS) is 27.7. The van der Waals surface area contributed by atoms with Crippen molar-refractivity contribution in [3.63, 3.8) is 0 Å². The van der Waals surface area contributed by atoms with E-state index in [-0.39, 0.29) is 18.0 Å². The summed E-state index contributed by atoms with van der Waals surface area (Å²) in [6, 6.07) is 4.35. The smallest absolute Gasteiger partial charge is 0.240 e. The van der Waals surface area contributed by atoms with Crippen LogP contribution in [-0.4, -0.2) is 34.9 Å². The fourth-order valence-corrected chi connectivity index (χ4v) is 3.06. The Morgan fingerprint density at radius 3 is 2.83 bits per heavy atom. The zero-order valence-electron chi connectivity index (χ0n) is 10.5. The van der Waals surface area contributed by atoms with Crippen LogP contribution < -0.4 is 5.32 Å². The monoisotopic (exact) mass is 245 g/mol. The zero-order chi connectivity index (χ0) is 12.4. The molecule has 1 aromatic rings. The van der Waals surface area contributed by atoms with Crippen molar-refractivity contribution in [2.24, 2.45) is 0 Å². The van der Waals surface area contributed by atoms with Crippen LogP contribution in [0.1, 0.15) is 37.3 Å². The number of rotatable bonds is 2. The minimum atomic E-state index is 0.0486. The van der Waals surface area contributed by atoms with Crippen molar-refractivity contribution in [3.8, 4) is 0 Å². The highest BCUT2D eigenvalue weighted by molar-refractivity contribution is 5.82. The maximum Gasteiger partial charge on any atom is 0.240 e. The number of amides is 1. The first-order chi connectivity index (χ1) is 8.86. The van der Waals surface area contributed by atoms with E-state index in [1.807, 2.05) is 24.5 Å². The van der Waals surface area contributed by atoms with E-state index in [0.717, 1.165) is 38.8 Å². The Labute approximate surface area is 107 Å². The van der Waals surface area contributed by atoms with Gasteiger partial charge in [0.25, 0.3) is 0 Å². The van der Waals surface area contributed by atoms with Crippen molar-refractivity contribution in [1.29, 1.82) is 0 Å². The number of hydrogen-bond donors (Lipinski definition) is 1. The van der Waals surface area contributed by atoms with Gasteiger partial charge in [-0.1, -0.05) is 0 Å². The van der Waals surface area contributed by atoms with E-state index in [1.54, 1.807) is 0 Å². The van der Waals surface area contributed by atoms with Gasteiger partial charge in [-0.2, -0.15) is 0 Å². The van der Waals surface area contributed by atoms with Crippen LogP contribution in [0.2, 0.25) is 0 Å². The molecule has 3 heterocycles. The second-order valence-corrected chi connectivity index (χ2v) is 5.12. The van der Waals surface area contributed by atoms with Gasteiger partial charge in [0.2, 0.25) is 5.91 Å². The van der Waals surface area contributed by atoms with Gasteiger partial charge < -0.3 is 10.2 Å². The molecule has 4 heteroatoms. The highest BCUT2D eigenvalue weighted by atomic mass is 16.2. The molecule has 2 fully saturated rings. The van der Waals surface area contributed by atoms with E-state index in [9.17, 15) is 4.79 Å². The predicted molar refractivity (Wildman–Crippen MR) is 68.9 cm³/mol. The van der Waals surface area contributed by atoms with Crippen molar-refractivity contribution in [2.45, 2.75) is 37.8 Å². The second kappa shape index (κ2) is 5.06. The third-order valence-electron chi connectivity index (χ3n) is 3.99. The summed E-state index contributed by atoms with van der Waals surface area (Å²) in [5.74, 6) is 0.284. The fourth-order valence-electron chi connectivity index (χ4n) is 3.06. The third-order valence-corrected chi connectivity index (χ3v) is 3.99. The van der Waals surface area contributed by atoms with Gasteiger partial charge in [-0.05, 0) is 49.9 Å². The minimum absolute atomic E-state index is 0.0486. The van der Waals surface area contributed by atoms with Crippen molar-refractivity contribution in [2.75, 3.05) is 13.1 Å². The summed E-state index contributed by atoms with van der Waals surface area (Å²) in [6.07, 6.45) is 7.89. The lowest BCUT2D eigenvalue weighted by Crippen LogP contribution is -2.43. The number of carbonyl (C=O) groups excluding carboxylic acids is 1. The molecule has 18 heavy (non-hydrogen) atoms. The molecular formula is C14H19N3O. The molecule has 96 valence electrons. The molecule has 2 aliphatic rings. The third kappa shape index (κ3) is 2.12. The summed E-state index contributed by atoms with van der Waals surface area (Å²) < 4.78 is 0. The van der Waals surface area contributed by atoms with E-state index in [0.29, 0.717) is 0 Å². The maximum absolute atomic E-state index is 12.5. The quantitative estimate of drug-likeness (QED) is 0.858. The van der Waals surface area contributed by atoms with Crippen molar-refractivity contribution >= 4 is 5.91 Å². The lowest BCUT2D eigenvalue weighted by Gasteiger charge is -2.27. The summed E-state index contributed by atoms with van der Waals surface area (Å²) in [5, 5.41) is 3.30. The van der Waals surface area contributed by atoms with Gasteiger partial charge in [-0.3, -0.25) is 9.78 Å². The summed E-state index contributed by atoms with van der Waals surface area (Å²) in [7, 11) is 0. The van der Waals surface area contributed by atoms with E-state index in [2.05, 4.69) is 15.2 Å². The number of aromatic nitrogens is 1. The van der Waals surface area contributed by atoms with Gasteiger partial charge in [0.15, 0.2) is 0 Å². The number of likely N-dealkylation sites (tertiary alicyclic amines) is 1. The van der Waals surface area contributed by atoms with Crippen LogP contribution in [0.5, 0.6) is 0 Å². The molecular weight excluding hydrogens is 226 g/mol. The van der Waals surface area contributed by atoms with Crippen LogP contribution in [0.4, 0.5) is 0 Å². The molecule has 0 spiro atoms. The molecule has 1 N–H and O–H groups in total. The summed E-state index contributed by atoms with van der Waals surface area (Å²) in [5.41, 5.74) is 1.22. The highest BCUT2D eigenvalue weighted by Gasteiger charge is 2.34. The van der Waals surface area contributed by atoms with E-state index in [1.165, 1.54) is 5.56 Å². The highest BCUT2D eigenvalue weighted by Crippen LogP contribution is 2.32. The van der Waals surface area contributed by atoms with Gasteiger partial charge in [-0.25, -0.2) is 0 Å². The molecule has 1 amide bonds. The van der Waals surface area contributed by atoms with Gasteiger partial charge in [0.05, 0.1) is 12.1 Å². The molecule has 0 aliphatic carbocycles. The van der Waals surface area contributed by atoms with Crippen LogP contribution in [0, 0.1) is 0 Å². The molecule has 0 aromatic carbocycles. The first-order valence-electron chi connectivity index (χ1n) is 6.80. The molecule has 0 radical (unpaired) electrons. The van der Waals surface area contributed by atoms with Crippen LogP contribution >= 0.6 is 0 Å². The molecule has 2 atom stereocenters. The summed E-state index contributed by atoms with van der Waals surface area (Å²) in [6.45, 7) is 1.87. The average molecular weight is 245 g/mol. The van der Waals surface area contributed by atoms with Gasteiger partial charge >= 0.3 is 0 Å². The SMILES string of the molecule is O=C([C@@H]1CCCN1)N1CCCC1c1ccncc1. The Balaban J connectivity index is 1.77. The molecule has 3 rings (SSSR count). The lowest BCUT2D eigenvalue weighted by atomic mass is 10.1. The maximum atomic E-state index is 12.5. The molecule has 2 saturated heterocycles. The number of nitrogens with one attached hydrogen (secondary N) is 1. The minimum Gasteiger partial charge on any atom is -0.334 e. The number of nitrogens with zero attached hydrogens (tertiary/aromatic N) is 2. The Kier molecular flexibility index (Phi) is 3.28. The lowest BCUT2D eigenvalue weighted by molar-refractivity contribution is -0.134. The Morgan fingerprint density at radius 2 is 2.11 bits per heavy atom. The van der Waals surface area contributed by atoms with E-state index >= 15 is 0 Å². The Hall–Kier alpha value is -1.42. The molecule has 0 bridgehead atoms. The average Bonchev–Trinajstić information content (AvgIpc) is 3.10. The van der Waals surface area contributed by atoms with Crippen molar-refractivity contribution in [1.82, 2.24) is 15.2 Å². The summed E-state index contributed by atoms with van der Waals surface area (Å²) >= 11 is 0. The van der Waals surface area contributed by atoms with Crippen LogP contribution in [0.3, 0.4) is 0 Å². The molecule has 1 unspecified atom stereocenters. The van der Waals surface area contributed by atoms with E-state index < -0.39 is 0 Å². The topological polar surface area (TPSA) is 45.2 Å². The first kappa shape index (κ1) is 11.7. The molecule has 4 nitrogen and oxygen atoms in total. The zero-order valence-corrected chi connectivity index (χ0v) is 10.5. The standard InChI is InChI=1S/C14H19N3O/c18-14(12-3-1-7-16-12)17-10-2-4-13(17)11-5-8-15-9-6-11/h5-6,8-9,12-13,16H,1-4,7,10H2/t12-,13?/m0/s1. The van der Waals surface area contributed by atoms with Crippen LogP contribution in [0.15, 0.2) is 24.5 Å². The molecule has 0 saturated carbocycles. The molecule has 1 aromatic heterocycles. The van der Waals surface area contributed by atoms with E-state index in [4.69, 9.17) is 0 Å². The van der Waals surface area contributed by atoms with Crippen LogP contribution in [-0.2, 0) is 4.79 Å². The predicted octanol–water partition coefficient (Wildman–Crippen LogP) is 1.50. The largest absolute Gasteiger partial charge is 0.334 e. The van der Waals surface area contributed by atoms with Crippen LogP contribution in [0.25, 0.3) is 0 Å².